The third-order valence-corrected chi connectivity index (χ3v) is 12.2. The third-order valence-electron chi connectivity index (χ3n) is 2.29. The number of nitrogens with zero attached hydrogens (tertiary/aromatic N) is 1. The first kappa shape index (κ1) is 12.5. The molecule has 0 amide bonds. The van der Waals surface area contributed by atoms with Crippen molar-refractivity contribution in [2.45, 2.75) is 5.92 Å². The summed E-state index contributed by atoms with van der Waals surface area (Å²) in [6.07, 6.45) is 0. The topological polar surface area (TPSA) is 49.4 Å². The van der Waals surface area contributed by atoms with Gasteiger partial charge in [0.1, 0.15) is 0 Å². The molecule has 1 unspecified atom stereocenters. The maximum atomic E-state index is 11.8. The summed E-state index contributed by atoms with van der Waals surface area (Å²) in [5.74, 6) is -0.676. The number of benzene rings is 1. The van der Waals surface area contributed by atoms with E-state index >= 15 is 0 Å². The number of rotatable bonds is 4. The van der Waals surface area contributed by atoms with Gasteiger partial charge in [-0.05, 0) is 0 Å². The van der Waals surface area contributed by atoms with Crippen LogP contribution in [0.3, 0.4) is 0 Å². The first-order chi connectivity index (χ1) is 7.64. The number of hydrogen-bond acceptors (Lipinski definition) is 3. The zero-order valence-electron chi connectivity index (χ0n) is 8.60. The van der Waals surface area contributed by atoms with E-state index in [9.17, 15) is 10.0 Å². The number of carbonyl (C=O) groups excluding carboxylic acids is 1. The van der Waals surface area contributed by atoms with Gasteiger partial charge in [0.15, 0.2) is 0 Å². The van der Waals surface area contributed by atoms with E-state index < -0.39 is 0 Å². The van der Waals surface area contributed by atoms with Crippen molar-refractivity contribution in [2.75, 3.05) is 13.7 Å². The zero-order chi connectivity index (χ0) is 11.6. The molecule has 0 aromatic heterocycles. The van der Waals surface area contributed by atoms with Crippen LogP contribution in [-0.4, -0.2) is 20.7 Å². The average Bonchev–Trinajstić information content (AvgIpc) is 3.05. The molecule has 6 heteroatoms. The molecule has 1 saturated heterocycles. The van der Waals surface area contributed by atoms with E-state index in [0.29, 0.717) is 6.54 Å². The predicted molar refractivity (Wildman–Crippen MR) is 49.7 cm³/mol. The first-order valence-electron chi connectivity index (χ1n) is 4.69. The van der Waals surface area contributed by atoms with Gasteiger partial charge in [0, 0.05) is 0 Å². The van der Waals surface area contributed by atoms with E-state index in [1.807, 2.05) is 30.3 Å². The van der Waals surface area contributed by atoms with Gasteiger partial charge in [-0.1, -0.05) is 0 Å². The number of halogens is 2. The van der Waals surface area contributed by atoms with Crippen LogP contribution < -0.4 is 35.0 Å². The van der Waals surface area contributed by atoms with Crippen molar-refractivity contribution in [1.82, 2.24) is 0 Å². The molecule has 1 aromatic rings. The fraction of sp³-hybridized carbons (Fsp3) is 0.300. The first-order valence-corrected chi connectivity index (χ1v) is 12.9. The molecule has 90 valence electrons. The number of esters is 1. The molecule has 1 atom stereocenters. The fourth-order valence-electron chi connectivity index (χ4n) is 1.44. The molecule has 1 aromatic carbocycles. The van der Waals surface area contributed by atoms with Crippen molar-refractivity contribution in [1.29, 1.82) is 0 Å². The summed E-state index contributed by atoms with van der Waals surface area (Å²) < 4.78 is 4.73. The number of hydrogen-bond donors (Lipinski definition) is 0. The Hall–Kier alpha value is 0.0700. The number of hydroxylamine groups is 1. The Bertz CT molecular complexity index is 381. The summed E-state index contributed by atoms with van der Waals surface area (Å²) >= 11 is -0.363. The van der Waals surface area contributed by atoms with Crippen LogP contribution in [0.25, 0.3) is 0 Å². The van der Waals surface area contributed by atoms with E-state index in [-0.39, 0.29) is 48.0 Å². The third kappa shape index (κ3) is 3.05. The Morgan fingerprint density at radius 1 is 1.44 bits per heavy atom. The maximum absolute atomic E-state index is 11.8. The Morgan fingerprint density at radius 2 is 2.06 bits per heavy atom. The van der Waals surface area contributed by atoms with Crippen LogP contribution >= 0.6 is 0 Å². The van der Waals surface area contributed by atoms with Crippen LogP contribution in [0.5, 0.6) is 0 Å². The summed E-state index contributed by atoms with van der Waals surface area (Å²) in [6.45, 7) is 0.386. The molecule has 2 rings (SSSR count). The molecule has 1 aliphatic rings. The summed E-state index contributed by atoms with van der Waals surface area (Å²) in [5, 5.41) is 11.8. The van der Waals surface area contributed by atoms with Gasteiger partial charge in [-0.25, -0.2) is 0 Å². The van der Waals surface area contributed by atoms with Gasteiger partial charge >= 0.3 is 112 Å². The van der Waals surface area contributed by atoms with Crippen LogP contribution in [0.4, 0.5) is 0 Å². The molecule has 16 heavy (non-hydrogen) atoms. The Morgan fingerprint density at radius 3 is 2.56 bits per heavy atom. The summed E-state index contributed by atoms with van der Waals surface area (Å²) in [6, 6.07) is 9.43. The Balaban J connectivity index is 2.17. The second-order valence-electron chi connectivity index (χ2n) is 3.37. The van der Waals surface area contributed by atoms with E-state index in [2.05, 4.69) is 0 Å². The summed E-state index contributed by atoms with van der Waals surface area (Å²) in [5.41, 5.74) is 0.891. The molecular weight excluding hydrogens is 436 g/mol. The van der Waals surface area contributed by atoms with Crippen LogP contribution in [0.2, 0.25) is 0 Å². The van der Waals surface area contributed by atoms with Crippen molar-refractivity contribution in [3.63, 3.8) is 0 Å². The van der Waals surface area contributed by atoms with Crippen LogP contribution in [0.15, 0.2) is 30.3 Å². The van der Waals surface area contributed by atoms with Crippen LogP contribution in [0, 0.1) is 5.21 Å². The Kier molecular flexibility index (Phi) is 4.03. The normalized spacial score (nSPS) is 19.9. The fourth-order valence-corrected chi connectivity index (χ4v) is 5.93. The quantitative estimate of drug-likeness (QED) is 0.153. The predicted octanol–water partition coefficient (Wildman–Crippen LogP) is -4.81. The minimum atomic E-state index is -0.384. The van der Waals surface area contributed by atoms with Crippen molar-refractivity contribution in [3.8, 4) is 0 Å². The Labute approximate surface area is 111 Å². The number of methoxy groups -OCH3 is 1. The van der Waals surface area contributed by atoms with Gasteiger partial charge in [-0.3, -0.25) is 0 Å². The van der Waals surface area contributed by atoms with Crippen molar-refractivity contribution >= 4 is 5.97 Å². The van der Waals surface area contributed by atoms with E-state index in [1.54, 1.807) is 0 Å². The molecule has 0 saturated carbocycles. The monoisotopic (exact) mass is 447 g/mol. The van der Waals surface area contributed by atoms with E-state index in [0.717, 1.165) is 5.56 Å². The van der Waals surface area contributed by atoms with E-state index in [4.69, 9.17) is 4.74 Å². The molecule has 1 aliphatic heterocycles. The van der Waals surface area contributed by atoms with Gasteiger partial charge < -0.3 is 0 Å². The van der Waals surface area contributed by atoms with E-state index in [1.165, 1.54) is 7.11 Å². The van der Waals surface area contributed by atoms with Crippen LogP contribution in [0.1, 0.15) is 11.5 Å². The number of quaternary nitrogens is 1. The minimum absolute atomic E-state index is 0.0492. The van der Waals surface area contributed by atoms with Crippen molar-refractivity contribution in [3.05, 3.63) is 41.1 Å². The molecule has 1 fully saturated rings. The van der Waals surface area contributed by atoms with Crippen molar-refractivity contribution < 1.29 is 45.6 Å². The molecule has 0 radical (unpaired) electrons. The molecule has 0 aliphatic carbocycles. The average molecular weight is 447 g/mol. The molecule has 4 nitrogen and oxygen atoms in total. The van der Waals surface area contributed by atoms with Gasteiger partial charge in [0.2, 0.25) is 0 Å². The van der Waals surface area contributed by atoms with Gasteiger partial charge in [0.05, 0.1) is 0 Å². The second-order valence-corrected chi connectivity index (χ2v) is 14.0. The molecule has 0 bridgehead atoms. The van der Waals surface area contributed by atoms with Gasteiger partial charge in [0.25, 0.3) is 0 Å². The molecule has 0 N–H and O–H groups in total. The zero-order valence-corrected chi connectivity index (χ0v) is 12.9. The van der Waals surface area contributed by atoms with Gasteiger partial charge in [-0.2, -0.15) is 0 Å². The molecule has 1 heterocycles. The van der Waals surface area contributed by atoms with Gasteiger partial charge in [-0.15, -0.1) is 0 Å². The standard InChI is InChI=1S/C10H11I2NO3/c1-16-10(14)9(7-13(15)11-12-13)8-5-3-2-4-6-8/h2-6,9H,7H2,1H3/q-2. The molecular formula is C10H11I2NO3-2. The summed E-state index contributed by atoms with van der Waals surface area (Å²) in [7, 11) is 1.37. The second kappa shape index (κ2) is 5.15. The molecule has 0 spiro atoms. The summed E-state index contributed by atoms with van der Waals surface area (Å²) in [4.78, 5) is 11.7. The van der Waals surface area contributed by atoms with Crippen molar-refractivity contribution in [2.24, 2.45) is 0 Å². The van der Waals surface area contributed by atoms with Crippen LogP contribution in [-0.2, 0) is 9.53 Å². The number of carbonyl (C=O) groups is 1. The number of ether oxygens (including phenoxy) is 1. The SMILES string of the molecule is COC(=O)C(C[N+]1([O-])[I-][I-]1)c1ccccc1.